The number of halogens is 1. The first-order valence-electron chi connectivity index (χ1n) is 7.59. The van der Waals surface area contributed by atoms with Crippen molar-refractivity contribution in [2.24, 2.45) is 0 Å². The first-order chi connectivity index (χ1) is 11.0. The predicted molar refractivity (Wildman–Crippen MR) is 89.5 cm³/mol. The summed E-state index contributed by atoms with van der Waals surface area (Å²) in [6, 6.07) is 5.60. The molecule has 2 amide bonds. The van der Waals surface area contributed by atoms with Crippen molar-refractivity contribution in [3.8, 4) is 5.75 Å². The van der Waals surface area contributed by atoms with Gasteiger partial charge in [-0.2, -0.15) is 0 Å². The van der Waals surface area contributed by atoms with E-state index in [2.05, 4.69) is 15.9 Å². The Bertz CT molecular complexity index is 571. The quantitative estimate of drug-likeness (QED) is 0.799. The summed E-state index contributed by atoms with van der Waals surface area (Å²) in [5.41, 5.74) is 1.05. The Morgan fingerprint density at radius 1 is 1.17 bits per heavy atom. The van der Waals surface area contributed by atoms with Crippen LogP contribution in [0.1, 0.15) is 12.5 Å². The molecule has 0 unspecified atom stereocenters. The number of carbonyl (C=O) groups is 2. The van der Waals surface area contributed by atoms with Crippen molar-refractivity contribution < 1.29 is 19.1 Å². The van der Waals surface area contributed by atoms with Crippen LogP contribution in [-0.2, 0) is 9.53 Å². The summed E-state index contributed by atoms with van der Waals surface area (Å²) in [6.45, 7) is 6.08. The molecule has 1 aromatic rings. The molecule has 2 rings (SSSR count). The number of rotatable bonds is 4. The fraction of sp³-hybridized carbons (Fsp3) is 0.500. The third-order valence-electron chi connectivity index (χ3n) is 3.65. The van der Waals surface area contributed by atoms with Crippen molar-refractivity contribution in [3.63, 3.8) is 0 Å². The van der Waals surface area contributed by atoms with E-state index in [1.165, 1.54) is 0 Å². The van der Waals surface area contributed by atoms with Crippen LogP contribution in [0, 0.1) is 6.92 Å². The average Bonchev–Trinajstić information content (AvgIpc) is 2.56. The molecule has 23 heavy (non-hydrogen) atoms. The number of benzene rings is 1. The SMILES string of the molecule is CCOC(=O)N1CCN(C(=O)COc2ccc(Br)c(C)c2)CC1. The first kappa shape index (κ1) is 17.6. The summed E-state index contributed by atoms with van der Waals surface area (Å²) in [7, 11) is 0. The summed E-state index contributed by atoms with van der Waals surface area (Å²) >= 11 is 3.43. The number of hydrogen-bond donors (Lipinski definition) is 0. The number of aryl methyl sites for hydroxylation is 1. The topological polar surface area (TPSA) is 59.1 Å². The molecule has 0 radical (unpaired) electrons. The van der Waals surface area contributed by atoms with Crippen LogP contribution in [0.4, 0.5) is 4.79 Å². The average molecular weight is 385 g/mol. The third kappa shape index (κ3) is 4.86. The molecule has 0 aliphatic carbocycles. The van der Waals surface area contributed by atoms with Crippen LogP contribution in [0.3, 0.4) is 0 Å². The second-order valence-corrected chi connectivity index (χ2v) is 6.12. The summed E-state index contributed by atoms with van der Waals surface area (Å²) in [6.07, 6.45) is -0.318. The second kappa shape index (κ2) is 8.19. The molecule has 1 saturated heterocycles. The number of amides is 2. The largest absolute Gasteiger partial charge is 0.484 e. The third-order valence-corrected chi connectivity index (χ3v) is 4.54. The van der Waals surface area contributed by atoms with Crippen molar-refractivity contribution in [1.82, 2.24) is 9.80 Å². The Morgan fingerprint density at radius 2 is 1.83 bits per heavy atom. The highest BCUT2D eigenvalue weighted by atomic mass is 79.9. The minimum Gasteiger partial charge on any atom is -0.484 e. The maximum absolute atomic E-state index is 12.2. The van der Waals surface area contributed by atoms with Crippen LogP contribution in [0.25, 0.3) is 0 Å². The predicted octanol–water partition coefficient (Wildman–Crippen LogP) is 2.44. The molecule has 1 aliphatic heterocycles. The highest BCUT2D eigenvalue weighted by Crippen LogP contribution is 2.21. The van der Waals surface area contributed by atoms with Crippen molar-refractivity contribution in [1.29, 1.82) is 0 Å². The van der Waals surface area contributed by atoms with Gasteiger partial charge in [0.2, 0.25) is 0 Å². The lowest BCUT2D eigenvalue weighted by Gasteiger charge is -2.33. The number of nitrogens with zero attached hydrogens (tertiary/aromatic N) is 2. The van der Waals surface area contributed by atoms with E-state index in [1.54, 1.807) is 16.7 Å². The highest BCUT2D eigenvalue weighted by molar-refractivity contribution is 9.10. The number of ether oxygens (including phenoxy) is 2. The van der Waals surface area contributed by atoms with Gasteiger partial charge in [-0.15, -0.1) is 0 Å². The molecule has 0 bridgehead atoms. The van der Waals surface area contributed by atoms with E-state index in [0.29, 0.717) is 38.5 Å². The minimum absolute atomic E-state index is 0.000475. The van der Waals surface area contributed by atoms with E-state index < -0.39 is 0 Å². The number of hydrogen-bond acceptors (Lipinski definition) is 4. The summed E-state index contributed by atoms with van der Waals surface area (Å²) in [5.74, 6) is 0.596. The molecular weight excluding hydrogens is 364 g/mol. The Kier molecular flexibility index (Phi) is 6.27. The van der Waals surface area contributed by atoms with Crippen LogP contribution in [0.5, 0.6) is 5.75 Å². The van der Waals surface area contributed by atoms with Gasteiger partial charge in [-0.1, -0.05) is 15.9 Å². The molecule has 6 nitrogen and oxygen atoms in total. The number of piperazine rings is 1. The first-order valence-corrected chi connectivity index (χ1v) is 8.39. The Labute approximate surface area is 144 Å². The molecule has 1 heterocycles. The number of carbonyl (C=O) groups excluding carboxylic acids is 2. The zero-order valence-electron chi connectivity index (χ0n) is 13.4. The van der Waals surface area contributed by atoms with Crippen molar-refractivity contribution >= 4 is 27.9 Å². The summed E-state index contributed by atoms with van der Waals surface area (Å²) in [4.78, 5) is 27.1. The molecule has 126 valence electrons. The Hall–Kier alpha value is -1.76. The monoisotopic (exact) mass is 384 g/mol. The van der Waals surface area contributed by atoms with Gasteiger partial charge >= 0.3 is 6.09 Å². The van der Waals surface area contributed by atoms with Gasteiger partial charge in [0.15, 0.2) is 6.61 Å². The highest BCUT2D eigenvalue weighted by Gasteiger charge is 2.24. The van der Waals surface area contributed by atoms with Crippen molar-refractivity contribution in [2.45, 2.75) is 13.8 Å². The molecule has 1 aromatic carbocycles. The summed E-state index contributed by atoms with van der Waals surface area (Å²) < 4.78 is 11.5. The van der Waals surface area contributed by atoms with Gasteiger partial charge in [0.05, 0.1) is 6.61 Å². The molecule has 0 saturated carbocycles. The van der Waals surface area contributed by atoms with E-state index in [4.69, 9.17) is 9.47 Å². The normalized spacial score (nSPS) is 14.6. The van der Waals surface area contributed by atoms with Gasteiger partial charge in [0, 0.05) is 30.7 Å². The maximum Gasteiger partial charge on any atom is 0.409 e. The lowest BCUT2D eigenvalue weighted by Crippen LogP contribution is -2.51. The maximum atomic E-state index is 12.2. The van der Waals surface area contributed by atoms with Crippen LogP contribution in [0.2, 0.25) is 0 Å². The van der Waals surface area contributed by atoms with Crippen LogP contribution in [0.15, 0.2) is 22.7 Å². The standard InChI is InChI=1S/C16H21BrN2O4/c1-3-22-16(21)19-8-6-18(7-9-19)15(20)11-23-13-4-5-14(17)12(2)10-13/h4-5,10H,3,6-9,11H2,1-2H3. The van der Waals surface area contributed by atoms with Gasteiger partial charge in [-0.3, -0.25) is 4.79 Å². The van der Waals surface area contributed by atoms with Crippen LogP contribution in [-0.4, -0.2) is 61.2 Å². The van der Waals surface area contributed by atoms with E-state index >= 15 is 0 Å². The molecule has 0 spiro atoms. The van der Waals surface area contributed by atoms with Crippen molar-refractivity contribution in [2.75, 3.05) is 39.4 Å². The van der Waals surface area contributed by atoms with E-state index in [0.717, 1.165) is 10.0 Å². The van der Waals surface area contributed by atoms with Crippen LogP contribution < -0.4 is 4.74 Å². The van der Waals surface area contributed by atoms with Gasteiger partial charge in [-0.05, 0) is 37.6 Å². The molecule has 1 aliphatic rings. The summed E-state index contributed by atoms with van der Waals surface area (Å²) in [5, 5.41) is 0. The second-order valence-electron chi connectivity index (χ2n) is 5.27. The van der Waals surface area contributed by atoms with Gasteiger partial charge < -0.3 is 19.3 Å². The van der Waals surface area contributed by atoms with E-state index in [-0.39, 0.29) is 18.6 Å². The van der Waals surface area contributed by atoms with E-state index in [1.807, 2.05) is 25.1 Å². The smallest absolute Gasteiger partial charge is 0.409 e. The molecule has 7 heteroatoms. The zero-order valence-corrected chi connectivity index (χ0v) is 15.0. The van der Waals surface area contributed by atoms with Crippen molar-refractivity contribution in [3.05, 3.63) is 28.2 Å². The molecular formula is C16H21BrN2O4. The molecule has 0 atom stereocenters. The lowest BCUT2D eigenvalue weighted by atomic mass is 10.2. The fourth-order valence-corrected chi connectivity index (χ4v) is 2.54. The molecule has 1 fully saturated rings. The lowest BCUT2D eigenvalue weighted by molar-refractivity contribution is -0.134. The molecule has 0 aromatic heterocycles. The van der Waals surface area contributed by atoms with E-state index in [9.17, 15) is 9.59 Å². The van der Waals surface area contributed by atoms with Gasteiger partial charge in [0.25, 0.3) is 5.91 Å². The van der Waals surface area contributed by atoms with Gasteiger partial charge in [0.1, 0.15) is 5.75 Å². The Morgan fingerprint density at radius 3 is 2.43 bits per heavy atom. The Balaban J connectivity index is 1.79. The fourth-order valence-electron chi connectivity index (χ4n) is 2.30. The minimum atomic E-state index is -0.318. The zero-order chi connectivity index (χ0) is 16.8. The molecule has 0 N–H and O–H groups in total. The van der Waals surface area contributed by atoms with Gasteiger partial charge in [-0.25, -0.2) is 4.79 Å². The van der Waals surface area contributed by atoms with Crippen LogP contribution >= 0.6 is 15.9 Å².